The smallest absolute Gasteiger partial charge is 0.412 e. The predicted octanol–water partition coefficient (Wildman–Crippen LogP) is 0.709. The lowest BCUT2D eigenvalue weighted by Crippen LogP contribution is -2.18. The molecule has 84 valence electrons. The number of primary amides is 1. The maximum absolute atomic E-state index is 11.2. The van der Waals surface area contributed by atoms with Crippen molar-refractivity contribution in [3.05, 3.63) is 35.4 Å². The third-order valence-electron chi connectivity index (χ3n) is 1.71. The number of carbonyl (C=O) groups is 3. The summed E-state index contributed by atoms with van der Waals surface area (Å²) < 4.78 is 8.62. The highest BCUT2D eigenvalue weighted by Crippen LogP contribution is 2.08. The van der Waals surface area contributed by atoms with Gasteiger partial charge in [0.2, 0.25) is 0 Å². The van der Waals surface area contributed by atoms with Gasteiger partial charge in [-0.3, -0.25) is 0 Å². The SMILES string of the molecule is COC(=O)c1cccc(C(=O)OC(N)=O)c1. The molecule has 1 aromatic carbocycles. The van der Waals surface area contributed by atoms with Crippen LogP contribution in [0.15, 0.2) is 24.3 Å². The molecule has 0 aromatic heterocycles. The van der Waals surface area contributed by atoms with E-state index in [4.69, 9.17) is 0 Å². The summed E-state index contributed by atoms with van der Waals surface area (Å²) in [5.74, 6) is -1.51. The van der Waals surface area contributed by atoms with Gasteiger partial charge in [-0.25, -0.2) is 14.4 Å². The molecule has 0 aliphatic heterocycles. The van der Waals surface area contributed by atoms with E-state index in [-0.39, 0.29) is 11.1 Å². The number of nitrogens with two attached hydrogens (primary N) is 1. The van der Waals surface area contributed by atoms with E-state index in [1.54, 1.807) is 0 Å². The summed E-state index contributed by atoms with van der Waals surface area (Å²) in [6.07, 6.45) is -1.20. The normalized spacial score (nSPS) is 9.31. The van der Waals surface area contributed by atoms with Gasteiger partial charge in [-0.1, -0.05) is 6.07 Å². The Morgan fingerprint density at radius 1 is 1.12 bits per heavy atom. The maximum atomic E-state index is 11.2. The van der Waals surface area contributed by atoms with Gasteiger partial charge in [0.05, 0.1) is 18.2 Å². The third-order valence-corrected chi connectivity index (χ3v) is 1.71. The molecule has 1 amide bonds. The van der Waals surface area contributed by atoms with Crippen LogP contribution in [0.1, 0.15) is 20.7 Å². The summed E-state index contributed by atoms with van der Waals surface area (Å²) in [5, 5.41) is 0. The summed E-state index contributed by atoms with van der Waals surface area (Å²) in [6.45, 7) is 0. The van der Waals surface area contributed by atoms with Crippen LogP contribution in [0.5, 0.6) is 0 Å². The summed E-state index contributed by atoms with van der Waals surface area (Å²) in [4.78, 5) is 32.7. The first-order chi connectivity index (χ1) is 7.54. The first-order valence-electron chi connectivity index (χ1n) is 4.24. The second-order valence-corrected chi connectivity index (χ2v) is 2.78. The molecule has 0 saturated heterocycles. The molecule has 6 heteroatoms. The Morgan fingerprint density at radius 3 is 2.19 bits per heavy atom. The quantitative estimate of drug-likeness (QED) is 0.588. The first-order valence-corrected chi connectivity index (χ1v) is 4.24. The fraction of sp³-hybridized carbons (Fsp3) is 0.100. The van der Waals surface area contributed by atoms with Crippen molar-refractivity contribution in [2.75, 3.05) is 7.11 Å². The van der Waals surface area contributed by atoms with Gasteiger partial charge >= 0.3 is 18.0 Å². The molecule has 1 rings (SSSR count). The number of amides is 1. The molecule has 0 aliphatic carbocycles. The van der Waals surface area contributed by atoms with Gasteiger partial charge in [0.1, 0.15) is 0 Å². The molecule has 0 bridgehead atoms. The molecule has 0 fully saturated rings. The Bertz CT molecular complexity index is 441. The fourth-order valence-electron chi connectivity index (χ4n) is 1.04. The first kappa shape index (κ1) is 11.7. The monoisotopic (exact) mass is 223 g/mol. The molecule has 16 heavy (non-hydrogen) atoms. The molecular weight excluding hydrogens is 214 g/mol. The highest BCUT2D eigenvalue weighted by molar-refractivity contribution is 5.98. The van der Waals surface area contributed by atoms with Crippen LogP contribution in [0.25, 0.3) is 0 Å². The number of rotatable bonds is 2. The number of methoxy groups -OCH3 is 1. The zero-order chi connectivity index (χ0) is 12.1. The third kappa shape index (κ3) is 2.81. The van der Waals surface area contributed by atoms with E-state index >= 15 is 0 Å². The van der Waals surface area contributed by atoms with Crippen LogP contribution in [0.4, 0.5) is 4.79 Å². The lowest BCUT2D eigenvalue weighted by molar-refractivity contribution is 0.0600. The minimum atomic E-state index is -1.20. The molecule has 0 aliphatic rings. The number of ether oxygens (including phenoxy) is 2. The van der Waals surface area contributed by atoms with Crippen molar-refractivity contribution in [2.45, 2.75) is 0 Å². The standard InChI is InChI=1S/C10H9NO5/c1-15-8(12)6-3-2-4-7(5-6)9(13)16-10(11)14/h2-5H,1H3,(H2,11,14). The van der Waals surface area contributed by atoms with Gasteiger partial charge < -0.3 is 15.2 Å². The van der Waals surface area contributed by atoms with Gasteiger partial charge in [0.15, 0.2) is 0 Å². The van der Waals surface area contributed by atoms with Crippen LogP contribution in [0.2, 0.25) is 0 Å². The van der Waals surface area contributed by atoms with E-state index in [2.05, 4.69) is 15.2 Å². The van der Waals surface area contributed by atoms with Gasteiger partial charge in [-0.15, -0.1) is 0 Å². The molecular formula is C10H9NO5. The highest BCUT2D eigenvalue weighted by Gasteiger charge is 2.13. The van der Waals surface area contributed by atoms with Crippen LogP contribution in [0, 0.1) is 0 Å². The predicted molar refractivity (Wildman–Crippen MR) is 52.8 cm³/mol. The van der Waals surface area contributed by atoms with Crippen molar-refractivity contribution in [3.63, 3.8) is 0 Å². The summed E-state index contributed by atoms with van der Waals surface area (Å²) >= 11 is 0. The zero-order valence-corrected chi connectivity index (χ0v) is 8.43. The molecule has 6 nitrogen and oxygen atoms in total. The second kappa shape index (κ2) is 4.92. The molecule has 0 spiro atoms. The number of carbonyl (C=O) groups excluding carboxylic acids is 3. The molecule has 0 radical (unpaired) electrons. The summed E-state index contributed by atoms with van der Waals surface area (Å²) in [7, 11) is 1.22. The van der Waals surface area contributed by atoms with Crippen molar-refractivity contribution < 1.29 is 23.9 Å². The Morgan fingerprint density at radius 2 is 1.69 bits per heavy atom. The van der Waals surface area contributed by atoms with Crippen molar-refractivity contribution in [2.24, 2.45) is 5.73 Å². The van der Waals surface area contributed by atoms with Crippen molar-refractivity contribution in [3.8, 4) is 0 Å². The maximum Gasteiger partial charge on any atom is 0.412 e. The average molecular weight is 223 g/mol. The van der Waals surface area contributed by atoms with E-state index in [0.717, 1.165) is 0 Å². The lowest BCUT2D eigenvalue weighted by atomic mass is 10.1. The Labute approximate surface area is 90.9 Å². The minimum Gasteiger partial charge on any atom is -0.465 e. The molecule has 0 atom stereocenters. The molecule has 0 saturated carbocycles. The zero-order valence-electron chi connectivity index (χ0n) is 8.43. The van der Waals surface area contributed by atoms with E-state index in [1.165, 1.54) is 31.4 Å². The van der Waals surface area contributed by atoms with E-state index < -0.39 is 18.0 Å². The van der Waals surface area contributed by atoms with Crippen LogP contribution < -0.4 is 5.73 Å². The number of benzene rings is 1. The molecule has 0 heterocycles. The van der Waals surface area contributed by atoms with Gasteiger partial charge in [-0.2, -0.15) is 0 Å². The number of esters is 2. The second-order valence-electron chi connectivity index (χ2n) is 2.78. The van der Waals surface area contributed by atoms with E-state index in [9.17, 15) is 14.4 Å². The van der Waals surface area contributed by atoms with Crippen molar-refractivity contribution >= 4 is 18.0 Å². The fourth-order valence-corrected chi connectivity index (χ4v) is 1.04. The summed E-state index contributed by atoms with van der Waals surface area (Å²) in [6, 6.07) is 5.56. The highest BCUT2D eigenvalue weighted by atomic mass is 16.6. The molecule has 0 unspecified atom stereocenters. The van der Waals surface area contributed by atoms with Crippen LogP contribution >= 0.6 is 0 Å². The van der Waals surface area contributed by atoms with Gasteiger partial charge in [-0.05, 0) is 18.2 Å². The van der Waals surface area contributed by atoms with Gasteiger partial charge in [0, 0.05) is 0 Å². The molecule has 1 aromatic rings. The van der Waals surface area contributed by atoms with Gasteiger partial charge in [0.25, 0.3) is 0 Å². The largest absolute Gasteiger partial charge is 0.465 e. The number of hydrogen-bond donors (Lipinski definition) is 1. The lowest BCUT2D eigenvalue weighted by Gasteiger charge is -2.02. The Kier molecular flexibility index (Phi) is 3.60. The van der Waals surface area contributed by atoms with Crippen molar-refractivity contribution in [1.82, 2.24) is 0 Å². The Hall–Kier alpha value is -2.37. The Balaban J connectivity index is 2.94. The average Bonchev–Trinajstić information content (AvgIpc) is 2.27. The van der Waals surface area contributed by atoms with E-state index in [1.807, 2.05) is 0 Å². The van der Waals surface area contributed by atoms with Crippen LogP contribution in [-0.2, 0) is 9.47 Å². The minimum absolute atomic E-state index is 0.0432. The van der Waals surface area contributed by atoms with Crippen LogP contribution in [0.3, 0.4) is 0 Å². The summed E-state index contributed by atoms with van der Waals surface area (Å²) in [5.41, 5.74) is 4.91. The van der Waals surface area contributed by atoms with Crippen molar-refractivity contribution in [1.29, 1.82) is 0 Å². The number of hydrogen-bond acceptors (Lipinski definition) is 5. The topological polar surface area (TPSA) is 95.7 Å². The van der Waals surface area contributed by atoms with E-state index in [0.29, 0.717) is 0 Å². The molecule has 2 N–H and O–H groups in total. The van der Waals surface area contributed by atoms with Crippen LogP contribution in [-0.4, -0.2) is 25.1 Å².